The van der Waals surface area contributed by atoms with Gasteiger partial charge in [0.25, 0.3) is 5.91 Å². The smallest absolute Gasteiger partial charge is 0.266 e. The highest BCUT2D eigenvalue weighted by Gasteiger charge is 2.15. The molecule has 0 radical (unpaired) electrons. The maximum absolute atomic E-state index is 12.5. The van der Waals surface area contributed by atoms with Gasteiger partial charge in [0.2, 0.25) is 6.33 Å². The number of carbonyl (C=O) groups is 2. The van der Waals surface area contributed by atoms with E-state index in [1.807, 2.05) is 81.1 Å². The Hall–Kier alpha value is -2.73. The molecule has 0 spiro atoms. The highest BCUT2D eigenvalue weighted by molar-refractivity contribution is 5.92. The fourth-order valence-electron chi connectivity index (χ4n) is 3.57. The molecule has 5 nitrogen and oxygen atoms in total. The molecule has 1 N–H and O–H groups in total. The van der Waals surface area contributed by atoms with Crippen molar-refractivity contribution in [1.29, 1.82) is 0 Å². The molecular formula is C24H28BrN3O2. The van der Waals surface area contributed by atoms with Gasteiger partial charge in [0.15, 0.2) is 12.3 Å². The van der Waals surface area contributed by atoms with Crippen molar-refractivity contribution in [1.82, 2.24) is 4.57 Å². The first kappa shape index (κ1) is 23.5. The van der Waals surface area contributed by atoms with Gasteiger partial charge in [0, 0.05) is 12.1 Å². The van der Waals surface area contributed by atoms with Crippen LogP contribution in [0, 0.1) is 27.7 Å². The first-order valence-electron chi connectivity index (χ1n) is 9.81. The molecule has 158 valence electrons. The number of hydrogen-bond acceptors (Lipinski definition) is 2. The van der Waals surface area contributed by atoms with Gasteiger partial charge < -0.3 is 22.3 Å². The fraction of sp³-hybridized carbons (Fsp3) is 0.292. The van der Waals surface area contributed by atoms with E-state index in [0.717, 1.165) is 33.5 Å². The maximum Gasteiger partial charge on any atom is 0.266 e. The lowest BCUT2D eigenvalue weighted by Crippen LogP contribution is -3.00. The predicted octanol–water partition coefficient (Wildman–Crippen LogP) is 0.464. The van der Waals surface area contributed by atoms with Crippen molar-refractivity contribution in [3.05, 3.63) is 82.9 Å². The molecule has 0 aliphatic heterocycles. The summed E-state index contributed by atoms with van der Waals surface area (Å²) in [5.41, 5.74) is 6.33. The lowest BCUT2D eigenvalue weighted by Gasteiger charge is -2.10. The third-order valence-electron chi connectivity index (χ3n) is 5.20. The minimum absolute atomic E-state index is 0. The van der Waals surface area contributed by atoms with Crippen molar-refractivity contribution in [2.24, 2.45) is 0 Å². The van der Waals surface area contributed by atoms with Gasteiger partial charge in [-0.15, -0.1) is 0 Å². The average Bonchev–Trinajstić information content (AvgIpc) is 3.08. The quantitative estimate of drug-likeness (QED) is 0.511. The van der Waals surface area contributed by atoms with Crippen LogP contribution < -0.4 is 26.9 Å². The average molecular weight is 470 g/mol. The van der Waals surface area contributed by atoms with Crippen molar-refractivity contribution >= 4 is 17.4 Å². The van der Waals surface area contributed by atoms with E-state index in [4.69, 9.17) is 0 Å². The molecule has 6 heteroatoms. The number of anilines is 1. The number of aromatic nitrogens is 2. The third-order valence-corrected chi connectivity index (χ3v) is 5.20. The SMILES string of the molecule is Cc1cccc(C)c1CC(=O)C[n+]1ccn(CC(=O)Nc2c(C)cccc2C)c1.[Br-]. The summed E-state index contributed by atoms with van der Waals surface area (Å²) in [7, 11) is 0. The number of para-hydroxylation sites is 1. The summed E-state index contributed by atoms with van der Waals surface area (Å²) in [5.74, 6) is 0.0529. The van der Waals surface area contributed by atoms with Gasteiger partial charge in [-0.2, -0.15) is 0 Å². The predicted molar refractivity (Wildman–Crippen MR) is 114 cm³/mol. The monoisotopic (exact) mass is 469 g/mol. The van der Waals surface area contributed by atoms with Crippen molar-refractivity contribution in [3.63, 3.8) is 0 Å². The number of halogens is 1. The standard InChI is InChI=1S/C24H27N3O2.BrH/c1-17-7-5-8-18(2)22(17)13-21(28)14-26-11-12-27(16-26)15-23(29)25-24-19(3)9-6-10-20(24)4;/h5-12,16H,13-15H2,1-4H3;1H. The van der Waals surface area contributed by atoms with Crippen molar-refractivity contribution in [2.45, 2.75) is 47.2 Å². The molecule has 0 atom stereocenters. The Labute approximate surface area is 188 Å². The highest BCUT2D eigenvalue weighted by Crippen LogP contribution is 2.19. The topological polar surface area (TPSA) is 55.0 Å². The van der Waals surface area contributed by atoms with Gasteiger partial charge in [0.1, 0.15) is 18.9 Å². The van der Waals surface area contributed by atoms with Crippen LogP contribution in [0.25, 0.3) is 0 Å². The molecule has 3 aromatic rings. The van der Waals surface area contributed by atoms with Crippen LogP contribution in [0.1, 0.15) is 27.8 Å². The Bertz CT molecular complexity index is 934. The van der Waals surface area contributed by atoms with Gasteiger partial charge in [-0.25, -0.2) is 9.13 Å². The van der Waals surface area contributed by atoms with Crippen molar-refractivity contribution in [2.75, 3.05) is 5.32 Å². The summed E-state index contributed by atoms with van der Waals surface area (Å²) in [5, 5.41) is 2.99. The number of carbonyl (C=O) groups excluding carboxylic acids is 2. The Kier molecular flexibility index (Phi) is 8.12. The van der Waals surface area contributed by atoms with Gasteiger partial charge in [-0.1, -0.05) is 36.4 Å². The number of amides is 1. The normalized spacial score (nSPS) is 10.4. The van der Waals surface area contributed by atoms with Crippen LogP contribution in [0.3, 0.4) is 0 Å². The molecule has 0 saturated heterocycles. The second kappa shape index (κ2) is 10.3. The van der Waals surface area contributed by atoms with E-state index in [0.29, 0.717) is 13.0 Å². The Morgan fingerprint density at radius 1 is 0.933 bits per heavy atom. The lowest BCUT2D eigenvalue weighted by atomic mass is 9.98. The number of benzene rings is 2. The highest BCUT2D eigenvalue weighted by atomic mass is 79.9. The summed E-state index contributed by atoms with van der Waals surface area (Å²) >= 11 is 0. The molecular weight excluding hydrogens is 442 g/mol. The van der Waals surface area contributed by atoms with Crippen LogP contribution in [0.2, 0.25) is 0 Å². The number of nitrogens with one attached hydrogen (secondary N) is 1. The molecule has 0 saturated carbocycles. The maximum atomic E-state index is 12.5. The molecule has 0 aliphatic carbocycles. The van der Waals surface area contributed by atoms with E-state index in [1.165, 1.54) is 0 Å². The third kappa shape index (κ3) is 5.89. The van der Waals surface area contributed by atoms with Gasteiger partial charge in [0.05, 0.1) is 0 Å². The minimum atomic E-state index is -0.0907. The number of rotatable bonds is 7. The molecule has 0 aliphatic rings. The largest absolute Gasteiger partial charge is 1.00 e. The van der Waals surface area contributed by atoms with Crippen LogP contribution in [-0.4, -0.2) is 16.3 Å². The number of ketones is 1. The van der Waals surface area contributed by atoms with E-state index in [2.05, 4.69) is 5.32 Å². The van der Waals surface area contributed by atoms with E-state index < -0.39 is 0 Å². The first-order chi connectivity index (χ1) is 13.8. The Morgan fingerprint density at radius 2 is 1.50 bits per heavy atom. The van der Waals surface area contributed by atoms with Crippen molar-refractivity contribution in [3.8, 4) is 0 Å². The first-order valence-corrected chi connectivity index (χ1v) is 9.81. The number of nitrogens with zero attached hydrogens (tertiary/aromatic N) is 2. The molecule has 0 fully saturated rings. The van der Waals surface area contributed by atoms with Gasteiger partial charge >= 0.3 is 0 Å². The second-order valence-electron chi connectivity index (χ2n) is 7.66. The van der Waals surface area contributed by atoms with Gasteiger partial charge in [-0.05, 0) is 55.5 Å². The van der Waals surface area contributed by atoms with E-state index in [1.54, 1.807) is 10.9 Å². The minimum Gasteiger partial charge on any atom is -1.00 e. The summed E-state index contributed by atoms with van der Waals surface area (Å²) in [6.07, 6.45) is 5.86. The number of aryl methyl sites for hydroxylation is 4. The molecule has 1 aromatic heterocycles. The zero-order chi connectivity index (χ0) is 21.0. The molecule has 1 heterocycles. The van der Waals surface area contributed by atoms with Crippen LogP contribution in [0.5, 0.6) is 0 Å². The van der Waals surface area contributed by atoms with Crippen LogP contribution in [0.15, 0.2) is 55.1 Å². The van der Waals surface area contributed by atoms with Gasteiger partial charge in [-0.3, -0.25) is 9.59 Å². The van der Waals surface area contributed by atoms with Crippen LogP contribution >= 0.6 is 0 Å². The molecule has 0 bridgehead atoms. The number of Topliss-reactive ketones (excluding diaryl/α,β-unsaturated/α-hetero) is 1. The molecule has 2 aromatic carbocycles. The number of imidazole rings is 1. The fourth-order valence-corrected chi connectivity index (χ4v) is 3.57. The Balaban J connectivity index is 0.00000320. The summed E-state index contributed by atoms with van der Waals surface area (Å²) in [6, 6.07) is 12.0. The lowest BCUT2D eigenvalue weighted by molar-refractivity contribution is -0.683. The molecule has 0 unspecified atom stereocenters. The van der Waals surface area contributed by atoms with Crippen molar-refractivity contribution < 1.29 is 31.1 Å². The molecule has 3 rings (SSSR count). The summed E-state index contributed by atoms with van der Waals surface area (Å²) in [4.78, 5) is 25.0. The van der Waals surface area contributed by atoms with E-state index in [9.17, 15) is 9.59 Å². The Morgan fingerprint density at radius 3 is 2.10 bits per heavy atom. The molecule has 30 heavy (non-hydrogen) atoms. The van der Waals surface area contributed by atoms with Crippen LogP contribution in [-0.2, 0) is 29.1 Å². The zero-order valence-electron chi connectivity index (χ0n) is 17.9. The van der Waals surface area contributed by atoms with E-state index in [-0.39, 0.29) is 35.2 Å². The number of hydrogen-bond donors (Lipinski definition) is 1. The summed E-state index contributed by atoms with van der Waals surface area (Å²) < 4.78 is 3.61. The second-order valence-corrected chi connectivity index (χ2v) is 7.66. The van der Waals surface area contributed by atoms with E-state index >= 15 is 0 Å². The molecule has 1 amide bonds. The zero-order valence-corrected chi connectivity index (χ0v) is 19.5. The van der Waals surface area contributed by atoms with Crippen LogP contribution in [0.4, 0.5) is 5.69 Å². The summed E-state index contributed by atoms with van der Waals surface area (Å²) in [6.45, 7) is 8.52.